The van der Waals surface area contributed by atoms with Crippen molar-refractivity contribution >= 4 is 53.1 Å². The fraction of sp³-hybridized carbons (Fsp3) is 0.556. The Bertz CT molecular complexity index is 1440. The van der Waals surface area contributed by atoms with Crippen LogP contribution in [0, 0.1) is 17.8 Å². The summed E-state index contributed by atoms with van der Waals surface area (Å²) in [6.07, 6.45) is 4.47. The second-order valence-electron chi connectivity index (χ2n) is 13.4. The zero-order chi connectivity index (χ0) is 38.8. The van der Waals surface area contributed by atoms with E-state index in [1.807, 2.05) is 20.8 Å². The number of nitrogens with one attached hydrogen (secondary N) is 5. The van der Waals surface area contributed by atoms with E-state index >= 15 is 0 Å². The van der Waals surface area contributed by atoms with Gasteiger partial charge in [-0.15, -0.1) is 0 Å². The second-order valence-corrected chi connectivity index (χ2v) is 13.4. The number of esters is 1. The van der Waals surface area contributed by atoms with Crippen LogP contribution in [0.15, 0.2) is 36.4 Å². The fourth-order valence-electron chi connectivity index (χ4n) is 4.90. The van der Waals surface area contributed by atoms with Crippen LogP contribution < -0.4 is 32.3 Å². The smallest absolute Gasteiger partial charge is 0.312 e. The van der Waals surface area contributed by atoms with Crippen LogP contribution in [-0.2, 0) is 44.9 Å². The van der Waals surface area contributed by atoms with Gasteiger partial charge in [-0.05, 0) is 55.2 Å². The number of amides is 8. The molecule has 0 fully saturated rings. The lowest BCUT2D eigenvalue weighted by atomic mass is 9.99. The molecule has 16 heteroatoms. The molecule has 16 nitrogen and oxygen atoms in total. The van der Waals surface area contributed by atoms with Crippen LogP contribution in [0.5, 0.6) is 0 Å². The summed E-state index contributed by atoms with van der Waals surface area (Å²) >= 11 is 0. The Kier molecular flexibility index (Phi) is 18.0. The maximum atomic E-state index is 13.4. The van der Waals surface area contributed by atoms with E-state index in [0.29, 0.717) is 37.9 Å². The maximum Gasteiger partial charge on any atom is 0.312 e. The number of carbonyl (C=O) groups excluding carboxylic acids is 8. The van der Waals surface area contributed by atoms with Crippen LogP contribution in [0.1, 0.15) is 78.7 Å². The standard InChI is InChI=1S/C36H53N7O9/c1-22(2)24(5)35(50)52-21-25-12-14-26(15-13-25)40-33(48)27(10-9-19-39-36(37)51)41-34(49)32(23(3)4)42-28(44)11-7-6-8-18-38-29(45)20-43-30(46)16-17-31(43)47/h12-17,22-24,27,32H,6-11,18-21H2,1-5H3,(H,38,45)(H,40,48)(H,41,49)(H,42,44)(H3,37,39,51)/t24?,27-,32-/m0/s1. The number of imide groups is 1. The van der Waals surface area contributed by atoms with Crippen molar-refractivity contribution in [2.75, 3.05) is 25.0 Å². The Balaban J connectivity index is 1.89. The van der Waals surface area contributed by atoms with E-state index in [-0.39, 0.29) is 62.2 Å². The molecule has 0 saturated carbocycles. The first-order valence-electron chi connectivity index (χ1n) is 17.6. The minimum absolute atomic E-state index is 0.0848. The van der Waals surface area contributed by atoms with Crippen LogP contribution in [0.4, 0.5) is 10.5 Å². The number of urea groups is 1. The van der Waals surface area contributed by atoms with E-state index in [9.17, 15) is 38.4 Å². The van der Waals surface area contributed by atoms with Crippen molar-refractivity contribution in [3.05, 3.63) is 42.0 Å². The van der Waals surface area contributed by atoms with Gasteiger partial charge in [0.05, 0.1) is 5.92 Å². The molecule has 1 unspecified atom stereocenters. The van der Waals surface area contributed by atoms with E-state index in [2.05, 4.69) is 26.6 Å². The number of ether oxygens (including phenoxy) is 1. The zero-order valence-corrected chi connectivity index (χ0v) is 30.6. The number of nitrogens with zero attached hydrogens (tertiary/aromatic N) is 1. The number of anilines is 1. The minimum Gasteiger partial charge on any atom is -0.461 e. The van der Waals surface area contributed by atoms with Crippen LogP contribution in [-0.4, -0.2) is 84.1 Å². The number of nitrogens with two attached hydrogens (primary N) is 1. The molecule has 2 rings (SSSR count). The summed E-state index contributed by atoms with van der Waals surface area (Å²) in [6.45, 7) is 9.44. The van der Waals surface area contributed by atoms with E-state index < -0.39 is 47.7 Å². The number of primary amides is 1. The lowest BCUT2D eigenvalue weighted by Crippen LogP contribution is -2.54. The van der Waals surface area contributed by atoms with Crippen LogP contribution in [0.3, 0.4) is 0 Å². The first-order chi connectivity index (χ1) is 24.6. The summed E-state index contributed by atoms with van der Waals surface area (Å²) < 4.78 is 5.39. The predicted molar refractivity (Wildman–Crippen MR) is 192 cm³/mol. The topological polar surface area (TPSA) is 235 Å². The van der Waals surface area contributed by atoms with Gasteiger partial charge in [-0.2, -0.15) is 0 Å². The normalized spacial score (nSPS) is 14.1. The van der Waals surface area contributed by atoms with Gasteiger partial charge in [-0.1, -0.05) is 53.2 Å². The number of rotatable bonds is 22. The van der Waals surface area contributed by atoms with Gasteiger partial charge in [0.2, 0.25) is 23.6 Å². The second kappa shape index (κ2) is 21.8. The molecule has 0 radical (unpaired) electrons. The molecular weight excluding hydrogens is 674 g/mol. The van der Waals surface area contributed by atoms with Gasteiger partial charge < -0.3 is 37.1 Å². The van der Waals surface area contributed by atoms with Crippen molar-refractivity contribution in [2.24, 2.45) is 23.5 Å². The summed E-state index contributed by atoms with van der Waals surface area (Å²) in [6, 6.07) is 4.08. The first kappa shape index (κ1) is 42.9. The molecule has 7 N–H and O–H groups in total. The van der Waals surface area contributed by atoms with Gasteiger partial charge in [-0.25, -0.2) is 4.79 Å². The Morgan fingerprint density at radius 1 is 0.750 bits per heavy atom. The quantitative estimate of drug-likeness (QED) is 0.0578. The molecule has 0 aromatic heterocycles. The third-order valence-electron chi connectivity index (χ3n) is 8.45. The first-order valence-corrected chi connectivity index (χ1v) is 17.6. The Hall–Kier alpha value is -5.28. The number of hydrogen-bond acceptors (Lipinski definition) is 9. The van der Waals surface area contributed by atoms with Crippen molar-refractivity contribution in [3.8, 4) is 0 Å². The largest absolute Gasteiger partial charge is 0.461 e. The summed E-state index contributed by atoms with van der Waals surface area (Å²) in [4.78, 5) is 98.9. The molecule has 1 aliphatic rings. The zero-order valence-electron chi connectivity index (χ0n) is 30.6. The molecular formula is C36H53N7O9. The lowest BCUT2D eigenvalue weighted by molar-refractivity contribution is -0.150. The van der Waals surface area contributed by atoms with Gasteiger partial charge in [-0.3, -0.25) is 38.5 Å². The van der Waals surface area contributed by atoms with E-state index in [0.717, 1.165) is 22.6 Å². The Labute approximate surface area is 304 Å². The van der Waals surface area contributed by atoms with Gasteiger partial charge in [0.1, 0.15) is 25.2 Å². The van der Waals surface area contributed by atoms with E-state index in [4.69, 9.17) is 10.5 Å². The highest BCUT2D eigenvalue weighted by Gasteiger charge is 2.29. The third-order valence-corrected chi connectivity index (χ3v) is 8.45. The Morgan fingerprint density at radius 3 is 1.98 bits per heavy atom. The molecule has 8 amide bonds. The molecule has 0 aliphatic carbocycles. The van der Waals surface area contributed by atoms with Crippen LogP contribution >= 0.6 is 0 Å². The highest BCUT2D eigenvalue weighted by molar-refractivity contribution is 6.14. The van der Waals surface area contributed by atoms with Crippen molar-refractivity contribution < 1.29 is 43.1 Å². The highest BCUT2D eigenvalue weighted by atomic mass is 16.5. The maximum absolute atomic E-state index is 13.4. The summed E-state index contributed by atoms with van der Waals surface area (Å²) in [5, 5.41) is 13.4. The van der Waals surface area contributed by atoms with Gasteiger partial charge >= 0.3 is 12.0 Å². The van der Waals surface area contributed by atoms with Crippen LogP contribution in [0.25, 0.3) is 0 Å². The molecule has 1 aromatic carbocycles. The van der Waals surface area contributed by atoms with E-state index in [1.165, 1.54) is 0 Å². The molecule has 0 saturated heterocycles. The van der Waals surface area contributed by atoms with Crippen molar-refractivity contribution in [1.82, 2.24) is 26.2 Å². The highest BCUT2D eigenvalue weighted by Crippen LogP contribution is 2.16. The van der Waals surface area contributed by atoms with Crippen molar-refractivity contribution in [3.63, 3.8) is 0 Å². The van der Waals surface area contributed by atoms with Crippen LogP contribution in [0.2, 0.25) is 0 Å². The third kappa shape index (κ3) is 15.3. The number of hydrogen-bond donors (Lipinski definition) is 6. The fourth-order valence-corrected chi connectivity index (χ4v) is 4.90. The monoisotopic (exact) mass is 727 g/mol. The number of unbranched alkanes of at least 4 members (excludes halogenated alkanes) is 2. The molecule has 1 heterocycles. The number of benzene rings is 1. The molecule has 286 valence electrons. The Morgan fingerprint density at radius 2 is 1.38 bits per heavy atom. The SMILES string of the molecule is CC(C)C(C)C(=O)OCc1ccc(NC(=O)[C@H](CCCNC(N)=O)NC(=O)[C@@H](NC(=O)CCCCCNC(=O)CN2C(=O)C=CC2=O)C(C)C)cc1. The molecule has 1 aromatic rings. The molecule has 3 atom stereocenters. The lowest BCUT2D eigenvalue weighted by Gasteiger charge is -2.25. The molecule has 1 aliphatic heterocycles. The minimum atomic E-state index is -1.01. The average molecular weight is 728 g/mol. The van der Waals surface area contributed by atoms with E-state index in [1.54, 1.807) is 38.1 Å². The average Bonchev–Trinajstić information content (AvgIpc) is 3.40. The van der Waals surface area contributed by atoms with Crippen molar-refractivity contribution in [1.29, 1.82) is 0 Å². The van der Waals surface area contributed by atoms with Crippen molar-refractivity contribution in [2.45, 2.75) is 91.8 Å². The molecule has 52 heavy (non-hydrogen) atoms. The van der Waals surface area contributed by atoms with Gasteiger partial charge in [0.25, 0.3) is 11.8 Å². The predicted octanol–water partition coefficient (Wildman–Crippen LogP) is 1.64. The number of carbonyl (C=O) groups is 8. The van der Waals surface area contributed by atoms with Gasteiger partial charge in [0.15, 0.2) is 0 Å². The summed E-state index contributed by atoms with van der Waals surface area (Å²) in [7, 11) is 0. The molecule has 0 bridgehead atoms. The summed E-state index contributed by atoms with van der Waals surface area (Å²) in [5.41, 5.74) is 6.33. The van der Waals surface area contributed by atoms with Gasteiger partial charge in [0, 0.05) is 37.3 Å². The molecule has 0 spiro atoms. The summed E-state index contributed by atoms with van der Waals surface area (Å²) in [5.74, 6) is -3.63.